The summed E-state index contributed by atoms with van der Waals surface area (Å²) in [6, 6.07) is 1.67. The number of pyridine rings is 1. The number of halogens is 1. The Morgan fingerprint density at radius 3 is 3.06 bits per heavy atom. The van der Waals surface area contributed by atoms with Crippen LogP contribution in [0.15, 0.2) is 27.5 Å². The zero-order valence-corrected chi connectivity index (χ0v) is 12.2. The minimum atomic E-state index is -0.209. The standard InChI is InChI=1S/C11H13BrN4OS/c1-18-3-2-9(13)11-15-10(16-17-11)7-4-8(12)6-14-5-7/h4-6,9H,2-3,13H2,1H3/t9-/m0/s1. The van der Waals surface area contributed by atoms with Crippen LogP contribution in [-0.2, 0) is 0 Å². The average Bonchev–Trinajstić information content (AvgIpc) is 2.85. The lowest BCUT2D eigenvalue weighted by Crippen LogP contribution is -2.11. The molecule has 0 radical (unpaired) electrons. The second kappa shape index (κ2) is 6.31. The maximum atomic E-state index is 5.97. The van der Waals surface area contributed by atoms with Crippen LogP contribution in [0.5, 0.6) is 0 Å². The van der Waals surface area contributed by atoms with Gasteiger partial charge in [0.25, 0.3) is 0 Å². The number of nitrogens with zero attached hydrogens (tertiary/aromatic N) is 3. The van der Waals surface area contributed by atoms with E-state index in [0.29, 0.717) is 11.7 Å². The zero-order valence-electron chi connectivity index (χ0n) is 9.84. The van der Waals surface area contributed by atoms with Crippen LogP contribution in [0.1, 0.15) is 18.4 Å². The molecule has 2 aromatic heterocycles. The van der Waals surface area contributed by atoms with Crippen molar-refractivity contribution in [3.05, 3.63) is 28.8 Å². The molecule has 1 atom stereocenters. The molecule has 0 amide bonds. The third-order valence-corrected chi connectivity index (χ3v) is 3.43. The zero-order chi connectivity index (χ0) is 13.0. The van der Waals surface area contributed by atoms with Crippen molar-refractivity contribution < 1.29 is 4.52 Å². The van der Waals surface area contributed by atoms with E-state index in [0.717, 1.165) is 22.2 Å². The number of aromatic nitrogens is 3. The van der Waals surface area contributed by atoms with Crippen molar-refractivity contribution in [2.24, 2.45) is 5.73 Å². The van der Waals surface area contributed by atoms with Gasteiger partial charge in [-0.05, 0) is 40.4 Å². The molecule has 0 saturated carbocycles. The quantitative estimate of drug-likeness (QED) is 0.909. The predicted octanol–water partition coefficient (Wildman–Crippen LogP) is 2.65. The number of hydrogen-bond acceptors (Lipinski definition) is 6. The van der Waals surface area contributed by atoms with E-state index in [4.69, 9.17) is 10.3 Å². The van der Waals surface area contributed by atoms with Crippen LogP contribution in [0.25, 0.3) is 11.4 Å². The summed E-state index contributed by atoms with van der Waals surface area (Å²) in [5.74, 6) is 1.95. The molecule has 0 aromatic carbocycles. The number of thioether (sulfide) groups is 1. The second-order valence-electron chi connectivity index (χ2n) is 3.74. The van der Waals surface area contributed by atoms with Gasteiger partial charge in [-0.25, -0.2) is 0 Å². The van der Waals surface area contributed by atoms with Gasteiger partial charge in [-0.3, -0.25) is 4.98 Å². The van der Waals surface area contributed by atoms with Crippen LogP contribution in [-0.4, -0.2) is 27.1 Å². The summed E-state index contributed by atoms with van der Waals surface area (Å²) in [4.78, 5) is 8.36. The molecule has 0 unspecified atom stereocenters. The Hall–Kier alpha value is -0.920. The van der Waals surface area contributed by atoms with Crippen LogP contribution in [0, 0.1) is 0 Å². The summed E-state index contributed by atoms with van der Waals surface area (Å²) in [5.41, 5.74) is 6.77. The minimum Gasteiger partial charge on any atom is -0.337 e. The molecule has 0 spiro atoms. The molecule has 0 aliphatic heterocycles. The first kappa shape index (κ1) is 13.5. The van der Waals surface area contributed by atoms with E-state index in [2.05, 4.69) is 31.1 Å². The van der Waals surface area contributed by atoms with Crippen molar-refractivity contribution in [3.8, 4) is 11.4 Å². The van der Waals surface area contributed by atoms with Gasteiger partial charge in [0.2, 0.25) is 11.7 Å². The molecule has 7 heteroatoms. The molecule has 0 aliphatic rings. The van der Waals surface area contributed by atoms with E-state index < -0.39 is 0 Å². The van der Waals surface area contributed by atoms with E-state index in [9.17, 15) is 0 Å². The smallest absolute Gasteiger partial charge is 0.243 e. The molecule has 0 fully saturated rings. The lowest BCUT2D eigenvalue weighted by molar-refractivity contribution is 0.353. The van der Waals surface area contributed by atoms with Crippen LogP contribution in [0.2, 0.25) is 0 Å². The Balaban J connectivity index is 2.15. The van der Waals surface area contributed by atoms with Crippen molar-refractivity contribution in [2.75, 3.05) is 12.0 Å². The van der Waals surface area contributed by atoms with Crippen molar-refractivity contribution in [1.82, 2.24) is 15.1 Å². The Bertz CT molecular complexity index is 519. The summed E-state index contributed by atoms with van der Waals surface area (Å²) in [6.45, 7) is 0. The monoisotopic (exact) mass is 328 g/mol. The SMILES string of the molecule is CSCC[C@H](N)c1nc(-c2cncc(Br)c2)no1. The molecule has 2 rings (SSSR count). The second-order valence-corrected chi connectivity index (χ2v) is 5.64. The third-order valence-electron chi connectivity index (χ3n) is 2.35. The van der Waals surface area contributed by atoms with Gasteiger partial charge in [0.15, 0.2) is 0 Å². The molecular formula is C11H13BrN4OS. The maximum absolute atomic E-state index is 5.97. The van der Waals surface area contributed by atoms with Gasteiger partial charge in [0, 0.05) is 22.4 Å². The number of hydrogen-bond donors (Lipinski definition) is 1. The molecular weight excluding hydrogens is 316 g/mol. The topological polar surface area (TPSA) is 77.8 Å². The predicted molar refractivity (Wildman–Crippen MR) is 75.2 cm³/mol. The van der Waals surface area contributed by atoms with E-state index in [1.54, 1.807) is 24.2 Å². The highest BCUT2D eigenvalue weighted by atomic mass is 79.9. The van der Waals surface area contributed by atoms with Gasteiger partial charge in [-0.15, -0.1) is 0 Å². The fourth-order valence-corrected chi connectivity index (χ4v) is 2.26. The van der Waals surface area contributed by atoms with Crippen LogP contribution in [0.4, 0.5) is 0 Å². The van der Waals surface area contributed by atoms with Gasteiger partial charge in [-0.2, -0.15) is 16.7 Å². The molecule has 2 aromatic rings. The third kappa shape index (κ3) is 3.30. The Kier molecular flexibility index (Phi) is 4.73. The Labute approximate surface area is 118 Å². The first-order valence-corrected chi connectivity index (χ1v) is 7.58. The normalized spacial score (nSPS) is 12.6. The van der Waals surface area contributed by atoms with Gasteiger partial charge in [0.05, 0.1) is 6.04 Å². The Morgan fingerprint density at radius 2 is 2.33 bits per heavy atom. The highest BCUT2D eigenvalue weighted by molar-refractivity contribution is 9.10. The lowest BCUT2D eigenvalue weighted by atomic mass is 10.2. The summed E-state index contributed by atoms with van der Waals surface area (Å²) >= 11 is 5.10. The average molecular weight is 329 g/mol. The summed E-state index contributed by atoms with van der Waals surface area (Å²) in [7, 11) is 0. The minimum absolute atomic E-state index is 0.209. The van der Waals surface area contributed by atoms with Crippen molar-refractivity contribution in [1.29, 1.82) is 0 Å². The van der Waals surface area contributed by atoms with Crippen LogP contribution < -0.4 is 5.73 Å². The van der Waals surface area contributed by atoms with Gasteiger partial charge >= 0.3 is 0 Å². The molecule has 96 valence electrons. The molecule has 2 heterocycles. The fraction of sp³-hybridized carbons (Fsp3) is 0.364. The largest absolute Gasteiger partial charge is 0.337 e. The number of nitrogens with two attached hydrogens (primary N) is 1. The lowest BCUT2D eigenvalue weighted by Gasteiger charge is -2.03. The van der Waals surface area contributed by atoms with E-state index >= 15 is 0 Å². The van der Waals surface area contributed by atoms with Crippen LogP contribution in [0.3, 0.4) is 0 Å². The summed E-state index contributed by atoms with van der Waals surface area (Å²) in [6.07, 6.45) is 6.25. The molecule has 0 saturated heterocycles. The molecule has 18 heavy (non-hydrogen) atoms. The Morgan fingerprint density at radius 1 is 1.50 bits per heavy atom. The highest BCUT2D eigenvalue weighted by Crippen LogP contribution is 2.21. The van der Waals surface area contributed by atoms with Gasteiger partial charge < -0.3 is 10.3 Å². The van der Waals surface area contributed by atoms with E-state index in [1.165, 1.54) is 0 Å². The summed E-state index contributed by atoms with van der Waals surface area (Å²) in [5, 5.41) is 3.92. The molecule has 0 aliphatic carbocycles. The maximum Gasteiger partial charge on any atom is 0.243 e. The molecule has 2 N–H and O–H groups in total. The van der Waals surface area contributed by atoms with Gasteiger partial charge in [0.1, 0.15) is 0 Å². The molecule has 0 bridgehead atoms. The van der Waals surface area contributed by atoms with E-state index in [1.807, 2.05) is 12.3 Å². The van der Waals surface area contributed by atoms with Crippen molar-refractivity contribution in [2.45, 2.75) is 12.5 Å². The first-order chi connectivity index (χ1) is 8.70. The summed E-state index contributed by atoms with van der Waals surface area (Å²) < 4.78 is 6.05. The van der Waals surface area contributed by atoms with Crippen LogP contribution >= 0.6 is 27.7 Å². The first-order valence-electron chi connectivity index (χ1n) is 5.39. The van der Waals surface area contributed by atoms with E-state index in [-0.39, 0.29) is 6.04 Å². The number of rotatable bonds is 5. The highest BCUT2D eigenvalue weighted by Gasteiger charge is 2.15. The fourth-order valence-electron chi connectivity index (χ4n) is 1.41. The van der Waals surface area contributed by atoms with Crippen molar-refractivity contribution in [3.63, 3.8) is 0 Å². The molecule has 5 nitrogen and oxygen atoms in total. The van der Waals surface area contributed by atoms with Gasteiger partial charge in [-0.1, -0.05) is 5.16 Å². The van der Waals surface area contributed by atoms with Crippen molar-refractivity contribution >= 4 is 27.7 Å².